The Morgan fingerprint density at radius 1 is 1.17 bits per heavy atom. The highest BCUT2D eigenvalue weighted by Crippen LogP contribution is 2.38. The van der Waals surface area contributed by atoms with Crippen LogP contribution < -0.4 is 10.8 Å². The van der Waals surface area contributed by atoms with E-state index in [1.54, 1.807) is 5.48 Å². The highest BCUT2D eigenvalue weighted by atomic mass is 32.2. The second-order valence-electron chi connectivity index (χ2n) is 5.24. The summed E-state index contributed by atoms with van der Waals surface area (Å²) in [6.07, 6.45) is 0. The molecule has 13 nitrogen and oxygen atoms in total. The molecule has 2 rings (SSSR count). The first-order valence-electron chi connectivity index (χ1n) is 7.16. The number of benzene rings is 2. The maximum atomic E-state index is 14.1. The molecule has 0 unspecified atom stereocenters. The molecule has 0 atom stereocenters. The maximum Gasteiger partial charge on any atom is 0.295 e. The molecule has 0 saturated carbocycles. The van der Waals surface area contributed by atoms with Crippen LogP contribution in [-0.2, 0) is 24.5 Å². The molecule has 0 amide bonds. The Kier molecular flexibility index (Phi) is 7.27. The number of anilines is 3. The van der Waals surface area contributed by atoms with Crippen LogP contribution in [0.4, 0.5) is 27.1 Å². The van der Waals surface area contributed by atoms with Gasteiger partial charge in [-0.2, -0.15) is 8.42 Å². The molecule has 0 aliphatic rings. The van der Waals surface area contributed by atoms with Crippen LogP contribution in [-0.4, -0.2) is 28.4 Å². The summed E-state index contributed by atoms with van der Waals surface area (Å²) in [6, 6.07) is 3.56. The molecule has 0 aliphatic heterocycles. The van der Waals surface area contributed by atoms with Gasteiger partial charge in [-0.05, 0) is 24.6 Å². The normalized spacial score (nSPS) is 11.3. The van der Waals surface area contributed by atoms with Crippen molar-refractivity contribution in [1.29, 1.82) is 0 Å². The molecule has 158 valence electrons. The minimum absolute atomic E-state index is 0.0152. The van der Waals surface area contributed by atoms with Gasteiger partial charge in [-0.3, -0.25) is 14.7 Å². The van der Waals surface area contributed by atoms with Crippen molar-refractivity contribution in [3.8, 4) is 0 Å². The monoisotopic (exact) mass is 453 g/mol. The van der Waals surface area contributed by atoms with E-state index >= 15 is 0 Å². The van der Waals surface area contributed by atoms with Gasteiger partial charge in [0.25, 0.3) is 15.8 Å². The second kappa shape index (κ2) is 9.29. The van der Waals surface area contributed by atoms with Gasteiger partial charge >= 0.3 is 0 Å². The first-order chi connectivity index (χ1) is 13.6. The molecule has 0 aromatic heterocycles. The minimum Gasteiger partial charge on any atom is -0.349 e. The number of nitrogens with one attached hydrogen (secondary N) is 2. The molecule has 5 N–H and O–H groups in total. The fourth-order valence-electron chi connectivity index (χ4n) is 2.25. The molecule has 16 heteroatoms. The molecule has 0 aliphatic carbocycles. The SMILES string of the molecule is Cc1cc(Nc2cc(F)c(NOO)cc2[N+](=O)[O-])c(SOOO)cc1S(=O)(=O)O. The van der Waals surface area contributed by atoms with Gasteiger partial charge in [0.1, 0.15) is 11.4 Å². The second-order valence-corrected chi connectivity index (χ2v) is 7.37. The van der Waals surface area contributed by atoms with Gasteiger partial charge in [-0.25, -0.2) is 20.4 Å². The van der Waals surface area contributed by atoms with Crippen molar-refractivity contribution < 1.29 is 47.2 Å². The molecule has 0 spiro atoms. The first kappa shape index (κ1) is 22.7. The van der Waals surface area contributed by atoms with E-state index in [9.17, 15) is 27.5 Å². The molecule has 29 heavy (non-hydrogen) atoms. The van der Waals surface area contributed by atoms with E-state index in [1.165, 1.54) is 13.0 Å². The average Bonchev–Trinajstić information content (AvgIpc) is 2.62. The van der Waals surface area contributed by atoms with Gasteiger partial charge in [0, 0.05) is 12.1 Å². The molecule has 2 aromatic rings. The third kappa shape index (κ3) is 5.49. The van der Waals surface area contributed by atoms with Crippen LogP contribution in [0.2, 0.25) is 0 Å². The largest absolute Gasteiger partial charge is 0.349 e. The lowest BCUT2D eigenvalue weighted by molar-refractivity contribution is -0.432. The zero-order valence-electron chi connectivity index (χ0n) is 14.2. The van der Waals surface area contributed by atoms with Crippen LogP contribution in [0.1, 0.15) is 5.56 Å². The summed E-state index contributed by atoms with van der Waals surface area (Å²) < 4.78 is 50.5. The van der Waals surface area contributed by atoms with Crippen LogP contribution in [0.3, 0.4) is 0 Å². The van der Waals surface area contributed by atoms with E-state index in [-0.39, 0.29) is 21.8 Å². The third-order valence-corrected chi connectivity index (χ3v) is 5.06. The molecule has 2 aromatic carbocycles. The van der Waals surface area contributed by atoms with E-state index in [0.29, 0.717) is 18.1 Å². The van der Waals surface area contributed by atoms with Crippen molar-refractivity contribution in [2.24, 2.45) is 0 Å². The van der Waals surface area contributed by atoms with Crippen LogP contribution in [0.15, 0.2) is 34.1 Å². The van der Waals surface area contributed by atoms with Gasteiger partial charge in [-0.1, -0.05) is 5.04 Å². The van der Waals surface area contributed by atoms with Crippen molar-refractivity contribution in [2.45, 2.75) is 16.7 Å². The van der Waals surface area contributed by atoms with Crippen molar-refractivity contribution >= 4 is 44.9 Å². The van der Waals surface area contributed by atoms with E-state index in [2.05, 4.69) is 19.7 Å². The van der Waals surface area contributed by atoms with Gasteiger partial charge in [0.05, 0.1) is 32.4 Å². The fraction of sp³-hybridized carbons (Fsp3) is 0.0769. The molecule has 0 bridgehead atoms. The highest BCUT2D eigenvalue weighted by molar-refractivity contribution is 7.94. The number of hydrogen-bond acceptors (Lipinski definition) is 12. The number of hydrogen-bond donors (Lipinski definition) is 5. The van der Waals surface area contributed by atoms with Crippen molar-refractivity contribution in [3.63, 3.8) is 0 Å². The van der Waals surface area contributed by atoms with Crippen molar-refractivity contribution in [1.82, 2.24) is 0 Å². The van der Waals surface area contributed by atoms with E-state index in [1.807, 2.05) is 0 Å². The standard InChI is InChI=1S/C13H12FN3O10S2/c1-6-2-10(12(28-27-26-21)5-13(6)29(22,23)24)15-9-3-7(14)8(16-25-20)4-11(9)17(18)19/h2-5,15-16,20-21H,1H3,(H,22,23,24). The van der Waals surface area contributed by atoms with E-state index in [0.717, 1.165) is 12.1 Å². The Hall–Kier alpha value is -2.57. The highest BCUT2D eigenvalue weighted by Gasteiger charge is 2.22. The topological polar surface area (TPSA) is 190 Å². The van der Waals surface area contributed by atoms with Gasteiger partial charge < -0.3 is 5.32 Å². The lowest BCUT2D eigenvalue weighted by Crippen LogP contribution is -2.06. The molecule has 0 fully saturated rings. The molecular formula is C13H12FN3O10S2. The Morgan fingerprint density at radius 3 is 2.41 bits per heavy atom. The third-order valence-electron chi connectivity index (χ3n) is 3.42. The summed E-state index contributed by atoms with van der Waals surface area (Å²) >= 11 is 0.296. The number of nitrogens with zero attached hydrogens (tertiary/aromatic N) is 1. The summed E-state index contributed by atoms with van der Waals surface area (Å²) in [6.45, 7) is 1.33. The fourth-order valence-corrected chi connectivity index (χ4v) is 3.53. The number of halogens is 1. The van der Waals surface area contributed by atoms with Crippen LogP contribution in [0.5, 0.6) is 0 Å². The predicted octanol–water partition coefficient (Wildman–Crippen LogP) is 3.28. The quantitative estimate of drug-likeness (QED) is 0.122. The van der Waals surface area contributed by atoms with Crippen LogP contribution in [0.25, 0.3) is 0 Å². The molecule has 0 heterocycles. The Morgan fingerprint density at radius 2 is 1.86 bits per heavy atom. The zero-order chi connectivity index (χ0) is 21.8. The summed E-state index contributed by atoms with van der Waals surface area (Å²) in [5, 5.41) is 33.9. The molecular weight excluding hydrogens is 441 g/mol. The van der Waals surface area contributed by atoms with Gasteiger partial charge in [0.2, 0.25) is 0 Å². The average molecular weight is 453 g/mol. The Bertz CT molecular complexity index is 1030. The smallest absolute Gasteiger partial charge is 0.295 e. The minimum atomic E-state index is -4.62. The molecule has 0 saturated heterocycles. The van der Waals surface area contributed by atoms with Crippen molar-refractivity contribution in [2.75, 3.05) is 10.8 Å². The Balaban J connectivity index is 2.59. The summed E-state index contributed by atoms with van der Waals surface area (Å²) in [5.74, 6) is -1.04. The number of nitro groups is 1. The van der Waals surface area contributed by atoms with Crippen LogP contribution >= 0.6 is 12.0 Å². The van der Waals surface area contributed by atoms with Gasteiger partial charge in [-0.15, -0.1) is 9.32 Å². The summed E-state index contributed by atoms with van der Waals surface area (Å²) in [4.78, 5) is 13.4. The number of rotatable bonds is 9. The van der Waals surface area contributed by atoms with Crippen molar-refractivity contribution in [3.05, 3.63) is 45.8 Å². The van der Waals surface area contributed by atoms with E-state index < -0.39 is 37.1 Å². The zero-order valence-corrected chi connectivity index (χ0v) is 15.8. The lowest BCUT2D eigenvalue weighted by Gasteiger charge is -2.14. The van der Waals surface area contributed by atoms with Crippen LogP contribution in [0, 0.1) is 22.9 Å². The predicted molar refractivity (Wildman–Crippen MR) is 95.3 cm³/mol. The molecule has 0 radical (unpaired) electrons. The Labute approximate surface area is 165 Å². The van der Waals surface area contributed by atoms with E-state index in [4.69, 9.17) is 10.5 Å². The lowest BCUT2D eigenvalue weighted by atomic mass is 10.2. The number of nitro benzene ring substituents is 1. The summed E-state index contributed by atoms with van der Waals surface area (Å²) in [7, 11) is -4.62. The number of aryl methyl sites for hydroxylation is 1. The van der Waals surface area contributed by atoms with Gasteiger partial charge in [0.15, 0.2) is 5.82 Å². The maximum absolute atomic E-state index is 14.1. The summed E-state index contributed by atoms with van der Waals surface area (Å²) in [5.41, 5.74) is 0.212. The first-order valence-corrected chi connectivity index (χ1v) is 9.35.